The minimum absolute atomic E-state index is 0.0323. The summed E-state index contributed by atoms with van der Waals surface area (Å²) in [6, 6.07) is 14.5. The number of hydrogen-bond acceptors (Lipinski definition) is 3. The molecule has 2 atom stereocenters. The van der Waals surface area contributed by atoms with Crippen molar-refractivity contribution < 1.29 is 14.2 Å². The molecule has 0 radical (unpaired) electrons. The van der Waals surface area contributed by atoms with E-state index in [1.807, 2.05) is 24.3 Å². The Morgan fingerprint density at radius 1 is 1.09 bits per heavy atom. The highest BCUT2D eigenvalue weighted by Gasteiger charge is 2.28. The van der Waals surface area contributed by atoms with Crippen LogP contribution in [0.4, 0.5) is 0 Å². The Bertz CT molecular complexity index is 936. The van der Waals surface area contributed by atoms with Crippen LogP contribution in [0.1, 0.15) is 102 Å². The van der Waals surface area contributed by atoms with Crippen LogP contribution in [0.3, 0.4) is 0 Å². The largest absolute Gasteiger partial charge is 0.507 e. The first-order chi connectivity index (χ1) is 16.3. The number of hydrogen-bond donors (Lipinski definition) is 1. The summed E-state index contributed by atoms with van der Waals surface area (Å²) in [7, 11) is 0.555. The lowest BCUT2D eigenvalue weighted by Crippen LogP contribution is -2.18. The molecule has 186 valence electrons. The molecule has 1 aliphatic carbocycles. The normalized spacial score (nSPS) is 17.3. The van der Waals surface area contributed by atoms with Crippen LogP contribution in [0, 0.1) is 0 Å². The van der Waals surface area contributed by atoms with Crippen molar-refractivity contribution >= 4 is 8.38 Å². The van der Waals surface area contributed by atoms with Gasteiger partial charge < -0.3 is 14.2 Å². The van der Waals surface area contributed by atoms with Gasteiger partial charge >= 0.3 is 0 Å². The van der Waals surface area contributed by atoms with E-state index in [1.54, 1.807) is 7.11 Å². The number of phenolic OH excluding ortho intramolecular Hbond substituents is 1. The van der Waals surface area contributed by atoms with E-state index < -0.39 is 8.38 Å². The summed E-state index contributed by atoms with van der Waals surface area (Å²) in [5.74, 6) is 1.32. The first kappa shape index (κ1) is 26.8. The van der Waals surface area contributed by atoms with E-state index in [9.17, 15) is 5.11 Å². The Morgan fingerprint density at radius 3 is 2.53 bits per heavy atom. The molecule has 2 aromatic rings. The van der Waals surface area contributed by atoms with Crippen LogP contribution in [-0.2, 0) is 16.1 Å². The van der Waals surface area contributed by atoms with Crippen molar-refractivity contribution in [2.24, 2.45) is 0 Å². The molecule has 0 aliphatic heterocycles. The van der Waals surface area contributed by atoms with Crippen LogP contribution >= 0.6 is 8.38 Å². The van der Waals surface area contributed by atoms with Crippen molar-refractivity contribution in [2.75, 3.05) is 7.11 Å². The van der Waals surface area contributed by atoms with Gasteiger partial charge in [0.2, 0.25) is 8.38 Å². The molecule has 2 unspecified atom stereocenters. The smallest absolute Gasteiger partial charge is 0.234 e. The number of unbranched alkanes of at least 4 members (excludes halogenated alkanes) is 3. The molecule has 0 amide bonds. The predicted octanol–water partition coefficient (Wildman–Crippen LogP) is 9.39. The van der Waals surface area contributed by atoms with Gasteiger partial charge in [-0.2, -0.15) is 0 Å². The van der Waals surface area contributed by atoms with Crippen molar-refractivity contribution in [2.45, 2.75) is 96.6 Å². The Morgan fingerprint density at radius 2 is 1.85 bits per heavy atom. The average molecular weight is 483 g/mol. The molecule has 0 spiro atoms. The maximum absolute atomic E-state index is 11.3. The van der Waals surface area contributed by atoms with Crippen LogP contribution in [0.25, 0.3) is 0 Å². The van der Waals surface area contributed by atoms with Gasteiger partial charge in [0.05, 0.1) is 6.16 Å². The summed E-state index contributed by atoms with van der Waals surface area (Å²) in [5.41, 5.74) is 4.61. The first-order valence-electron chi connectivity index (χ1n) is 12.9. The predicted molar refractivity (Wildman–Crippen MR) is 145 cm³/mol. The van der Waals surface area contributed by atoms with Crippen molar-refractivity contribution in [1.29, 1.82) is 0 Å². The van der Waals surface area contributed by atoms with Crippen LogP contribution in [0.2, 0.25) is 0 Å². The number of phenols is 1. The SMILES string of the molecule is CCCCCCC(C)(C)c1cc(O)c(C2C=C(C)CCC2)c(OP(Cc2ccccc2)OC)c1. The van der Waals surface area contributed by atoms with E-state index in [4.69, 9.17) is 9.05 Å². The zero-order valence-electron chi connectivity index (χ0n) is 21.8. The van der Waals surface area contributed by atoms with Crippen molar-refractivity contribution in [3.63, 3.8) is 0 Å². The second-order valence-electron chi connectivity index (χ2n) is 10.4. The molecule has 1 N–H and O–H groups in total. The minimum atomic E-state index is -1.17. The van der Waals surface area contributed by atoms with Gasteiger partial charge in [0.15, 0.2) is 0 Å². The third kappa shape index (κ3) is 7.33. The van der Waals surface area contributed by atoms with Crippen molar-refractivity contribution in [3.05, 3.63) is 70.8 Å². The monoisotopic (exact) mass is 482 g/mol. The lowest BCUT2D eigenvalue weighted by Gasteiger charge is -2.30. The lowest BCUT2D eigenvalue weighted by molar-refractivity contribution is 0.385. The number of aromatic hydroxyl groups is 1. The summed E-state index contributed by atoms with van der Waals surface area (Å²) in [6.45, 7) is 9.00. The van der Waals surface area contributed by atoms with E-state index in [1.165, 1.54) is 36.8 Å². The summed E-state index contributed by atoms with van der Waals surface area (Å²) in [4.78, 5) is 0. The topological polar surface area (TPSA) is 38.7 Å². The van der Waals surface area contributed by atoms with Gasteiger partial charge in [0.25, 0.3) is 0 Å². The number of benzene rings is 2. The Labute approximate surface area is 208 Å². The van der Waals surface area contributed by atoms with Crippen molar-refractivity contribution in [1.82, 2.24) is 0 Å². The highest BCUT2D eigenvalue weighted by atomic mass is 31.2. The van der Waals surface area contributed by atoms with Gasteiger partial charge in [-0.1, -0.05) is 88.4 Å². The van der Waals surface area contributed by atoms with Crippen LogP contribution in [-0.4, -0.2) is 12.2 Å². The van der Waals surface area contributed by atoms with Crippen molar-refractivity contribution in [3.8, 4) is 11.5 Å². The van der Waals surface area contributed by atoms with Crippen LogP contribution < -0.4 is 4.52 Å². The maximum atomic E-state index is 11.3. The van der Waals surface area contributed by atoms with Gasteiger partial charge in [-0.15, -0.1) is 0 Å². The molecule has 0 aromatic heterocycles. The molecule has 4 heteroatoms. The summed E-state index contributed by atoms with van der Waals surface area (Å²) >= 11 is 0. The second kappa shape index (κ2) is 12.8. The molecular formula is C30H43O3P. The van der Waals surface area contributed by atoms with Gasteiger partial charge in [-0.3, -0.25) is 0 Å². The maximum Gasteiger partial charge on any atom is 0.234 e. The van der Waals surface area contributed by atoms with Crippen LogP contribution in [0.15, 0.2) is 54.1 Å². The fourth-order valence-corrected chi connectivity index (χ4v) is 6.05. The van der Waals surface area contributed by atoms with Gasteiger partial charge in [-0.25, -0.2) is 0 Å². The Hall–Kier alpha value is -1.83. The zero-order chi connectivity index (χ0) is 24.6. The quantitative estimate of drug-likeness (QED) is 0.186. The molecule has 3 rings (SSSR count). The fraction of sp³-hybridized carbons (Fsp3) is 0.533. The molecule has 0 saturated heterocycles. The van der Waals surface area contributed by atoms with Gasteiger partial charge in [-0.05, 0) is 61.3 Å². The van der Waals surface area contributed by atoms with Gasteiger partial charge in [0, 0.05) is 18.6 Å². The molecule has 0 fully saturated rings. The lowest BCUT2D eigenvalue weighted by atomic mass is 9.78. The Kier molecular flexibility index (Phi) is 10.0. The second-order valence-corrected chi connectivity index (χ2v) is 11.9. The first-order valence-corrected chi connectivity index (χ1v) is 14.3. The third-order valence-electron chi connectivity index (χ3n) is 7.06. The highest BCUT2D eigenvalue weighted by molar-refractivity contribution is 7.46. The third-order valence-corrected chi connectivity index (χ3v) is 8.49. The zero-order valence-corrected chi connectivity index (χ0v) is 22.7. The summed E-state index contributed by atoms with van der Waals surface area (Å²) in [6.07, 6.45) is 12.4. The molecule has 3 nitrogen and oxygen atoms in total. The molecular weight excluding hydrogens is 439 g/mol. The Balaban J connectivity index is 1.94. The van der Waals surface area contributed by atoms with Crippen LogP contribution in [0.5, 0.6) is 11.5 Å². The molecule has 0 bridgehead atoms. The number of rotatable bonds is 12. The standard InChI is InChI=1S/C30H43O3P/c1-6-7-8-12-18-30(3,4)26-20-27(31)29(25-17-13-14-23(2)19-25)28(21-26)33-34(32-5)22-24-15-10-9-11-16-24/h9-11,15-16,19-21,25,31H,6-8,12-14,17-18,22H2,1-5H3. The average Bonchev–Trinajstić information content (AvgIpc) is 2.82. The van der Waals surface area contributed by atoms with E-state index in [0.29, 0.717) is 5.75 Å². The molecule has 34 heavy (non-hydrogen) atoms. The highest BCUT2D eigenvalue weighted by Crippen LogP contribution is 2.50. The summed E-state index contributed by atoms with van der Waals surface area (Å²) in [5, 5.41) is 11.3. The van der Waals surface area contributed by atoms with E-state index in [2.05, 4.69) is 52.0 Å². The molecule has 2 aromatic carbocycles. The number of allylic oxidation sites excluding steroid dienone is 2. The molecule has 0 saturated carbocycles. The van der Waals surface area contributed by atoms with Gasteiger partial charge in [0.1, 0.15) is 11.5 Å². The van der Waals surface area contributed by atoms with E-state index in [0.717, 1.165) is 48.7 Å². The fourth-order valence-electron chi connectivity index (χ4n) is 4.90. The molecule has 0 heterocycles. The van der Waals surface area contributed by atoms with E-state index in [-0.39, 0.29) is 11.3 Å². The summed E-state index contributed by atoms with van der Waals surface area (Å²) < 4.78 is 12.4. The van der Waals surface area contributed by atoms with E-state index >= 15 is 0 Å². The minimum Gasteiger partial charge on any atom is -0.507 e. The molecule has 1 aliphatic rings.